The van der Waals surface area contributed by atoms with E-state index >= 15 is 0 Å². The third kappa shape index (κ3) is 6.36. The lowest BCUT2D eigenvalue weighted by Gasteiger charge is -2.23. The molecule has 1 aliphatic heterocycles. The molecular formula is C22H25NO7S. The Hall–Kier alpha value is -2.75. The van der Waals surface area contributed by atoms with Gasteiger partial charge in [-0.1, -0.05) is 30.3 Å². The molecule has 0 N–H and O–H groups in total. The average molecular weight is 448 g/mol. The summed E-state index contributed by atoms with van der Waals surface area (Å²) >= 11 is 1.28. The van der Waals surface area contributed by atoms with E-state index < -0.39 is 29.9 Å². The van der Waals surface area contributed by atoms with Gasteiger partial charge in [0.15, 0.2) is 23.0 Å². The molecule has 2 atom stereocenters. The van der Waals surface area contributed by atoms with Gasteiger partial charge in [-0.15, -0.1) is 11.3 Å². The monoisotopic (exact) mass is 447 g/mol. The van der Waals surface area contributed by atoms with Crippen molar-refractivity contribution in [1.29, 1.82) is 0 Å². The van der Waals surface area contributed by atoms with E-state index in [1.165, 1.54) is 25.2 Å². The van der Waals surface area contributed by atoms with Gasteiger partial charge in [-0.05, 0) is 5.56 Å². The molecule has 8 nitrogen and oxygen atoms in total. The van der Waals surface area contributed by atoms with E-state index in [9.17, 15) is 9.59 Å². The van der Waals surface area contributed by atoms with E-state index in [1.54, 1.807) is 25.4 Å². The minimum absolute atomic E-state index is 0.0489. The topological polar surface area (TPSA) is 93.2 Å². The summed E-state index contributed by atoms with van der Waals surface area (Å²) in [5.41, 5.74) is 0.979. The van der Waals surface area contributed by atoms with Crippen LogP contribution >= 0.6 is 11.3 Å². The number of hydrogen-bond acceptors (Lipinski definition) is 9. The standard InChI is InChI=1S/C22H25NO7S/c1-14(24)27-17(13-26-12-16-8-6-5-7-9-16)18-19(30-22(3,4)29-18)20(28-15(2)25)21-23-10-11-31-21/h5-11,17-18H,12-13H2,1-4H3/b20-19+/t17-,18-/m1/s1. The SMILES string of the molecule is CC(=O)O/C(=C1/OC(C)(C)O[C@@H]1[C@@H](COCc1ccccc1)OC(C)=O)c1nccs1. The Kier molecular flexibility index (Phi) is 7.42. The van der Waals surface area contributed by atoms with Crippen LogP contribution in [0.2, 0.25) is 0 Å². The Balaban J connectivity index is 1.90. The van der Waals surface area contributed by atoms with Crippen LogP contribution in [0.4, 0.5) is 0 Å². The molecule has 1 fully saturated rings. The van der Waals surface area contributed by atoms with Crippen molar-refractivity contribution >= 4 is 29.0 Å². The predicted molar refractivity (Wildman–Crippen MR) is 112 cm³/mol. The largest absolute Gasteiger partial charge is 0.460 e. The molecule has 0 saturated carbocycles. The minimum Gasteiger partial charge on any atom is -0.460 e. The number of esters is 2. The fraction of sp³-hybridized carbons (Fsp3) is 0.409. The van der Waals surface area contributed by atoms with Gasteiger partial charge < -0.3 is 23.7 Å². The van der Waals surface area contributed by atoms with Crippen molar-refractivity contribution < 1.29 is 33.3 Å². The Morgan fingerprint density at radius 1 is 1.19 bits per heavy atom. The number of aromatic nitrogens is 1. The summed E-state index contributed by atoms with van der Waals surface area (Å²) in [5, 5.41) is 2.20. The summed E-state index contributed by atoms with van der Waals surface area (Å²) in [7, 11) is 0. The first-order chi connectivity index (χ1) is 14.7. The van der Waals surface area contributed by atoms with E-state index in [-0.39, 0.29) is 18.1 Å². The summed E-state index contributed by atoms with van der Waals surface area (Å²) in [5.74, 6) is -1.71. The highest BCUT2D eigenvalue weighted by atomic mass is 32.1. The third-order valence-electron chi connectivity index (χ3n) is 4.17. The van der Waals surface area contributed by atoms with Crippen molar-refractivity contribution in [1.82, 2.24) is 4.98 Å². The van der Waals surface area contributed by atoms with E-state index in [0.29, 0.717) is 11.6 Å². The molecule has 1 aromatic heterocycles. The van der Waals surface area contributed by atoms with Crippen LogP contribution in [-0.4, -0.2) is 41.5 Å². The minimum atomic E-state index is -1.04. The smallest absolute Gasteiger partial charge is 0.308 e. The number of benzene rings is 1. The van der Waals surface area contributed by atoms with E-state index in [4.69, 9.17) is 23.7 Å². The normalized spacial score (nSPS) is 19.9. The first-order valence-corrected chi connectivity index (χ1v) is 10.6. The molecule has 1 aliphatic rings. The molecule has 0 amide bonds. The number of thiazole rings is 1. The first-order valence-electron chi connectivity index (χ1n) is 9.73. The van der Waals surface area contributed by atoms with Gasteiger partial charge in [0.05, 0.1) is 13.2 Å². The molecule has 1 aromatic carbocycles. The Labute approximate surface area is 184 Å². The maximum absolute atomic E-state index is 11.8. The summed E-state index contributed by atoms with van der Waals surface area (Å²) in [6.07, 6.45) is -0.0940. The maximum atomic E-state index is 11.8. The molecule has 2 heterocycles. The van der Waals surface area contributed by atoms with Gasteiger partial charge in [0.2, 0.25) is 11.5 Å². The van der Waals surface area contributed by atoms with Gasteiger partial charge in [-0.3, -0.25) is 9.59 Å². The zero-order chi connectivity index (χ0) is 22.4. The van der Waals surface area contributed by atoms with Crippen LogP contribution in [0, 0.1) is 0 Å². The Bertz CT molecular complexity index is 925. The summed E-state index contributed by atoms with van der Waals surface area (Å²) < 4.78 is 28.8. The molecule has 0 bridgehead atoms. The van der Waals surface area contributed by atoms with Crippen LogP contribution in [0.15, 0.2) is 47.7 Å². The van der Waals surface area contributed by atoms with Crippen LogP contribution in [0.5, 0.6) is 0 Å². The molecule has 9 heteroatoms. The lowest BCUT2D eigenvalue weighted by Crippen LogP contribution is -2.37. The van der Waals surface area contributed by atoms with Crippen molar-refractivity contribution in [3.05, 3.63) is 58.2 Å². The highest BCUT2D eigenvalue weighted by Crippen LogP contribution is 2.39. The van der Waals surface area contributed by atoms with Gasteiger partial charge in [0, 0.05) is 39.3 Å². The molecule has 0 spiro atoms. The molecule has 3 rings (SSSR count). The second-order valence-electron chi connectivity index (χ2n) is 7.31. The number of hydrogen-bond donors (Lipinski definition) is 0. The Morgan fingerprint density at radius 2 is 1.94 bits per heavy atom. The second kappa shape index (κ2) is 10.0. The predicted octanol–water partition coefficient (Wildman–Crippen LogP) is 3.67. The molecule has 1 saturated heterocycles. The average Bonchev–Trinajstić information content (AvgIpc) is 3.33. The molecule has 0 unspecified atom stereocenters. The summed E-state index contributed by atoms with van der Waals surface area (Å²) in [4.78, 5) is 27.8. The van der Waals surface area contributed by atoms with Gasteiger partial charge >= 0.3 is 11.9 Å². The maximum Gasteiger partial charge on any atom is 0.308 e. The van der Waals surface area contributed by atoms with Crippen molar-refractivity contribution in [3.8, 4) is 0 Å². The van der Waals surface area contributed by atoms with Gasteiger partial charge in [0.25, 0.3) is 0 Å². The van der Waals surface area contributed by atoms with Crippen molar-refractivity contribution in [2.45, 2.75) is 52.3 Å². The molecule has 2 aromatic rings. The highest BCUT2D eigenvalue weighted by Gasteiger charge is 2.47. The fourth-order valence-corrected chi connectivity index (χ4v) is 3.69. The van der Waals surface area contributed by atoms with Crippen LogP contribution in [-0.2, 0) is 39.9 Å². The third-order valence-corrected chi connectivity index (χ3v) is 4.94. The van der Waals surface area contributed by atoms with Crippen LogP contribution in [0.25, 0.3) is 5.76 Å². The molecule has 31 heavy (non-hydrogen) atoms. The number of rotatable bonds is 8. The van der Waals surface area contributed by atoms with Crippen molar-refractivity contribution in [2.24, 2.45) is 0 Å². The van der Waals surface area contributed by atoms with E-state index in [0.717, 1.165) is 5.56 Å². The van der Waals surface area contributed by atoms with E-state index in [2.05, 4.69) is 4.98 Å². The number of nitrogens with zero attached hydrogens (tertiary/aromatic N) is 1. The van der Waals surface area contributed by atoms with Crippen LogP contribution in [0.3, 0.4) is 0 Å². The summed E-state index contributed by atoms with van der Waals surface area (Å²) in [6, 6.07) is 9.62. The zero-order valence-corrected chi connectivity index (χ0v) is 18.6. The van der Waals surface area contributed by atoms with Gasteiger partial charge in [-0.25, -0.2) is 4.98 Å². The molecule has 0 radical (unpaired) electrons. The Morgan fingerprint density at radius 3 is 2.55 bits per heavy atom. The number of carbonyl (C=O) groups is 2. The van der Waals surface area contributed by atoms with Gasteiger partial charge in [0.1, 0.15) is 0 Å². The highest BCUT2D eigenvalue weighted by molar-refractivity contribution is 7.10. The lowest BCUT2D eigenvalue weighted by molar-refractivity contribution is -0.175. The van der Waals surface area contributed by atoms with Crippen molar-refractivity contribution in [3.63, 3.8) is 0 Å². The quantitative estimate of drug-likeness (QED) is 0.447. The van der Waals surface area contributed by atoms with Gasteiger partial charge in [-0.2, -0.15) is 0 Å². The first kappa shape index (κ1) is 22.9. The molecular weight excluding hydrogens is 422 g/mol. The van der Waals surface area contributed by atoms with Crippen LogP contribution < -0.4 is 0 Å². The zero-order valence-electron chi connectivity index (χ0n) is 17.8. The number of ether oxygens (including phenoxy) is 5. The number of carbonyl (C=O) groups excluding carboxylic acids is 2. The van der Waals surface area contributed by atoms with Crippen LogP contribution in [0.1, 0.15) is 38.3 Å². The molecule has 166 valence electrons. The summed E-state index contributed by atoms with van der Waals surface area (Å²) in [6.45, 7) is 6.41. The molecule has 0 aliphatic carbocycles. The lowest BCUT2D eigenvalue weighted by atomic mass is 10.1. The fourth-order valence-electron chi connectivity index (χ4n) is 3.07. The van der Waals surface area contributed by atoms with E-state index in [1.807, 2.05) is 30.3 Å². The van der Waals surface area contributed by atoms with Crippen molar-refractivity contribution in [2.75, 3.05) is 6.61 Å². The second-order valence-corrected chi connectivity index (χ2v) is 8.21.